The van der Waals surface area contributed by atoms with E-state index in [0.717, 1.165) is 18.3 Å². The Morgan fingerprint density at radius 2 is 2.23 bits per heavy atom. The molecular weight excluding hydrogens is 401 g/mol. The molecule has 1 saturated heterocycles. The minimum Gasteiger partial charge on any atom is -0.393 e. The summed E-state index contributed by atoms with van der Waals surface area (Å²) < 4.78 is 20.1. The lowest BCUT2D eigenvalue weighted by Crippen LogP contribution is -2.45. The number of hydrogen-bond acceptors (Lipinski definition) is 6. The molecule has 3 rings (SSSR count). The maximum absolute atomic E-state index is 14.7. The van der Waals surface area contributed by atoms with Crippen LogP contribution in [0, 0.1) is 16.6 Å². The molecule has 9 nitrogen and oxygen atoms in total. The first-order valence-electron chi connectivity index (χ1n) is 10.1. The van der Waals surface area contributed by atoms with Gasteiger partial charge in [0.1, 0.15) is 11.7 Å². The number of rotatable bonds is 7. The van der Waals surface area contributed by atoms with Crippen molar-refractivity contribution < 1.29 is 13.9 Å². The van der Waals surface area contributed by atoms with Crippen molar-refractivity contribution in [1.82, 2.24) is 15.5 Å². The van der Waals surface area contributed by atoms with E-state index in [4.69, 9.17) is 21.3 Å². The van der Waals surface area contributed by atoms with E-state index < -0.39 is 11.8 Å². The zero-order valence-electron chi connectivity index (χ0n) is 17.4. The Morgan fingerprint density at radius 1 is 1.42 bits per heavy atom. The second-order valence-corrected chi connectivity index (χ2v) is 7.40. The second kappa shape index (κ2) is 10.1. The molecule has 1 fully saturated rings. The number of carbonyl (C=O) groups is 1. The van der Waals surface area contributed by atoms with Gasteiger partial charge in [0.15, 0.2) is 0 Å². The van der Waals surface area contributed by atoms with E-state index in [1.54, 1.807) is 19.3 Å². The van der Waals surface area contributed by atoms with Crippen LogP contribution < -0.4 is 21.7 Å². The number of nitrogens with zero attached hydrogens (tertiary/aromatic N) is 1. The highest BCUT2D eigenvalue weighted by Crippen LogP contribution is 2.23. The standard InChI is InChI=1S/C21H28FN7O2/c1-26-10-14(9-23)13-2-3-19(17(22)8-13)28-20(24)16-11-29(21(25)30)6-4-18(16)27-15-5-7-31-12-15/h2-3,8-10,15,23,26-27H,4-7,11-12H2,1H3,(H2,24,28)(H2,25,30)/b14-10+,23-9?/t15-/m0/s1. The number of allylic oxidation sites excluding steroid dienone is 1. The number of nitrogens with one attached hydrogen (secondary N) is 5. The molecule has 0 aliphatic carbocycles. The molecule has 2 aliphatic rings. The van der Waals surface area contributed by atoms with Crippen LogP contribution in [0.2, 0.25) is 0 Å². The van der Waals surface area contributed by atoms with Crippen LogP contribution >= 0.6 is 0 Å². The predicted octanol–water partition coefficient (Wildman–Crippen LogP) is 1.84. The first-order chi connectivity index (χ1) is 14.9. The minimum absolute atomic E-state index is 0.00272. The Labute approximate surface area is 180 Å². The summed E-state index contributed by atoms with van der Waals surface area (Å²) in [5, 5.41) is 25.1. The van der Waals surface area contributed by atoms with E-state index in [1.165, 1.54) is 17.0 Å². The largest absolute Gasteiger partial charge is 0.393 e. The fourth-order valence-corrected chi connectivity index (χ4v) is 3.61. The zero-order chi connectivity index (χ0) is 22.4. The molecule has 1 aromatic rings. The van der Waals surface area contributed by atoms with Crippen molar-refractivity contribution in [1.29, 1.82) is 10.8 Å². The van der Waals surface area contributed by atoms with Crippen molar-refractivity contribution in [3.05, 3.63) is 47.0 Å². The fourth-order valence-electron chi connectivity index (χ4n) is 3.61. The van der Waals surface area contributed by atoms with E-state index in [2.05, 4.69) is 16.0 Å². The third kappa shape index (κ3) is 5.40. The van der Waals surface area contributed by atoms with Gasteiger partial charge in [0, 0.05) is 55.9 Å². The molecule has 0 spiro atoms. The molecule has 2 amide bonds. The number of nitrogens with two attached hydrogens (primary N) is 1. The molecule has 7 N–H and O–H groups in total. The first-order valence-corrected chi connectivity index (χ1v) is 10.1. The number of amides is 2. The Kier molecular flexibility index (Phi) is 7.24. The van der Waals surface area contributed by atoms with Crippen LogP contribution in [0.5, 0.6) is 0 Å². The predicted molar refractivity (Wildman–Crippen MR) is 119 cm³/mol. The normalized spacial score (nSPS) is 19.2. The molecule has 1 atom stereocenters. The third-order valence-electron chi connectivity index (χ3n) is 5.28. The first kappa shape index (κ1) is 22.3. The van der Waals surface area contributed by atoms with Gasteiger partial charge >= 0.3 is 6.03 Å². The van der Waals surface area contributed by atoms with Gasteiger partial charge in [0.05, 0.1) is 24.9 Å². The zero-order valence-corrected chi connectivity index (χ0v) is 17.4. The maximum atomic E-state index is 14.7. The second-order valence-electron chi connectivity index (χ2n) is 7.40. The van der Waals surface area contributed by atoms with E-state index >= 15 is 0 Å². The summed E-state index contributed by atoms with van der Waals surface area (Å²) in [5.74, 6) is -0.551. The molecule has 166 valence electrons. The van der Waals surface area contributed by atoms with Crippen LogP contribution in [0.15, 0.2) is 35.7 Å². The SMILES string of the molecule is CN/C=C(\C=N)c1ccc(NC(=N)C2=C(N[C@H]3CCOC3)CCN(C(N)=O)C2)c(F)c1. The number of halogens is 1. The Morgan fingerprint density at radius 3 is 2.84 bits per heavy atom. The molecule has 0 aromatic heterocycles. The van der Waals surface area contributed by atoms with Gasteiger partial charge < -0.3 is 36.7 Å². The monoisotopic (exact) mass is 429 g/mol. The summed E-state index contributed by atoms with van der Waals surface area (Å²) in [4.78, 5) is 13.1. The van der Waals surface area contributed by atoms with Crippen LogP contribution in [0.4, 0.5) is 14.9 Å². The average Bonchev–Trinajstić information content (AvgIpc) is 3.26. The van der Waals surface area contributed by atoms with E-state index in [0.29, 0.717) is 42.9 Å². The lowest BCUT2D eigenvalue weighted by Gasteiger charge is -2.31. The highest BCUT2D eigenvalue weighted by molar-refractivity contribution is 6.09. The smallest absolute Gasteiger partial charge is 0.315 e. The molecule has 0 radical (unpaired) electrons. The number of urea groups is 1. The fraction of sp³-hybridized carbons (Fsp3) is 0.381. The Balaban J connectivity index is 1.82. The minimum atomic E-state index is -0.556. The topological polar surface area (TPSA) is 139 Å². The number of ether oxygens (including phenoxy) is 1. The van der Waals surface area contributed by atoms with Gasteiger partial charge in [-0.2, -0.15) is 0 Å². The number of amidine groups is 1. The summed E-state index contributed by atoms with van der Waals surface area (Å²) in [5.41, 5.74) is 8.05. The Bertz CT molecular complexity index is 922. The highest BCUT2D eigenvalue weighted by Gasteiger charge is 2.27. The molecule has 0 unspecified atom stereocenters. The number of carbonyl (C=O) groups excluding carboxylic acids is 1. The number of anilines is 1. The van der Waals surface area contributed by atoms with E-state index in [9.17, 15) is 9.18 Å². The van der Waals surface area contributed by atoms with Crippen LogP contribution in [0.1, 0.15) is 18.4 Å². The van der Waals surface area contributed by atoms with Crippen molar-refractivity contribution in [2.24, 2.45) is 5.73 Å². The summed E-state index contributed by atoms with van der Waals surface area (Å²) in [7, 11) is 1.70. The molecule has 10 heteroatoms. The lowest BCUT2D eigenvalue weighted by molar-refractivity contribution is 0.190. The Hall–Kier alpha value is -3.40. The molecule has 2 heterocycles. The van der Waals surface area contributed by atoms with Gasteiger partial charge in [-0.15, -0.1) is 0 Å². The summed E-state index contributed by atoms with van der Waals surface area (Å²) in [6.07, 6.45) is 4.13. The van der Waals surface area contributed by atoms with Gasteiger partial charge in [-0.25, -0.2) is 9.18 Å². The van der Waals surface area contributed by atoms with Crippen LogP contribution in [-0.2, 0) is 4.74 Å². The number of primary amides is 1. The van der Waals surface area contributed by atoms with Crippen molar-refractivity contribution >= 4 is 29.3 Å². The van der Waals surface area contributed by atoms with Gasteiger partial charge in [-0.05, 0) is 24.1 Å². The van der Waals surface area contributed by atoms with Gasteiger partial charge in [-0.1, -0.05) is 6.07 Å². The van der Waals surface area contributed by atoms with Gasteiger partial charge in [0.25, 0.3) is 0 Å². The number of benzene rings is 1. The molecule has 2 aliphatic heterocycles. The van der Waals surface area contributed by atoms with Crippen LogP contribution in [-0.4, -0.2) is 62.4 Å². The van der Waals surface area contributed by atoms with Crippen molar-refractivity contribution in [2.75, 3.05) is 38.7 Å². The van der Waals surface area contributed by atoms with Crippen LogP contribution in [0.3, 0.4) is 0 Å². The van der Waals surface area contributed by atoms with Crippen molar-refractivity contribution in [3.8, 4) is 0 Å². The van der Waals surface area contributed by atoms with Gasteiger partial charge in [0.2, 0.25) is 0 Å². The summed E-state index contributed by atoms with van der Waals surface area (Å²) in [6.45, 7) is 1.89. The number of hydrogen-bond donors (Lipinski definition) is 6. The molecular formula is C21H28FN7O2. The van der Waals surface area contributed by atoms with E-state index in [1.807, 2.05) is 0 Å². The molecule has 0 saturated carbocycles. The van der Waals surface area contributed by atoms with E-state index in [-0.39, 0.29) is 24.1 Å². The van der Waals surface area contributed by atoms with Crippen LogP contribution in [0.25, 0.3) is 5.57 Å². The lowest BCUT2D eigenvalue weighted by atomic mass is 10.0. The highest BCUT2D eigenvalue weighted by atomic mass is 19.1. The third-order valence-corrected chi connectivity index (χ3v) is 5.28. The quantitative estimate of drug-likeness (QED) is 0.290. The molecule has 1 aromatic carbocycles. The van der Waals surface area contributed by atoms with Crippen molar-refractivity contribution in [2.45, 2.75) is 18.9 Å². The summed E-state index contributed by atoms with van der Waals surface area (Å²) >= 11 is 0. The summed E-state index contributed by atoms with van der Waals surface area (Å²) in [6, 6.07) is 4.10. The maximum Gasteiger partial charge on any atom is 0.315 e. The average molecular weight is 430 g/mol. The molecule has 0 bridgehead atoms. The molecule has 31 heavy (non-hydrogen) atoms. The van der Waals surface area contributed by atoms with Gasteiger partial charge in [-0.3, -0.25) is 5.41 Å². The van der Waals surface area contributed by atoms with Crippen molar-refractivity contribution in [3.63, 3.8) is 0 Å².